The van der Waals surface area contributed by atoms with Crippen LogP contribution in [-0.2, 0) is 5.54 Å². The topological polar surface area (TPSA) is 69.6 Å². The van der Waals surface area contributed by atoms with Crippen LogP contribution in [0.1, 0.15) is 32.6 Å². The van der Waals surface area contributed by atoms with E-state index in [0.717, 1.165) is 37.8 Å². The summed E-state index contributed by atoms with van der Waals surface area (Å²) in [5.74, 6) is -1.54. The van der Waals surface area contributed by atoms with E-state index < -0.39 is 11.6 Å². The van der Waals surface area contributed by atoms with E-state index in [-0.39, 0.29) is 11.2 Å². The molecule has 0 bridgehead atoms. The zero-order chi connectivity index (χ0) is 14.3. The Balaban J connectivity index is 2.13. The lowest BCUT2D eigenvalue weighted by Gasteiger charge is -2.41. The molecule has 7 heteroatoms. The summed E-state index contributed by atoms with van der Waals surface area (Å²) in [5, 5.41) is 11.7. The summed E-state index contributed by atoms with van der Waals surface area (Å²) in [5.41, 5.74) is 6.11. The van der Waals surface area contributed by atoms with E-state index in [1.807, 2.05) is 0 Å². The van der Waals surface area contributed by atoms with Crippen molar-refractivity contribution < 1.29 is 8.78 Å². The zero-order valence-electron chi connectivity index (χ0n) is 11.1. The second kappa shape index (κ2) is 4.50. The predicted octanol–water partition coefficient (Wildman–Crippen LogP) is 2.49. The first-order valence-electron chi connectivity index (χ1n) is 6.61. The Morgan fingerprint density at radius 2 is 2.00 bits per heavy atom. The van der Waals surface area contributed by atoms with Gasteiger partial charge in [0.05, 0.1) is 5.54 Å². The number of benzene rings is 1. The number of halogens is 2. The number of nitrogens with two attached hydrogens (primary N) is 1. The van der Waals surface area contributed by atoms with Crippen molar-refractivity contribution in [2.24, 2.45) is 0 Å². The molecule has 1 aliphatic carbocycles. The third-order valence-corrected chi connectivity index (χ3v) is 4.19. The fourth-order valence-corrected chi connectivity index (χ4v) is 2.73. The van der Waals surface area contributed by atoms with E-state index in [4.69, 9.17) is 5.73 Å². The van der Waals surface area contributed by atoms with Gasteiger partial charge in [-0.05, 0) is 42.2 Å². The summed E-state index contributed by atoms with van der Waals surface area (Å²) in [6.45, 7) is 2.07. The van der Waals surface area contributed by atoms with Crippen molar-refractivity contribution in [3.05, 3.63) is 23.8 Å². The first kappa shape index (κ1) is 13.0. The Morgan fingerprint density at radius 3 is 2.60 bits per heavy atom. The number of hydrogen-bond acceptors (Lipinski definition) is 4. The van der Waals surface area contributed by atoms with Gasteiger partial charge in [0.25, 0.3) is 0 Å². The van der Waals surface area contributed by atoms with Crippen molar-refractivity contribution in [1.29, 1.82) is 0 Å². The molecule has 1 aromatic carbocycles. The van der Waals surface area contributed by atoms with Crippen molar-refractivity contribution in [2.45, 2.75) is 38.1 Å². The minimum Gasteiger partial charge on any atom is -0.398 e. The largest absolute Gasteiger partial charge is 0.398 e. The van der Waals surface area contributed by atoms with E-state index in [0.29, 0.717) is 11.4 Å². The van der Waals surface area contributed by atoms with Gasteiger partial charge in [0.1, 0.15) is 0 Å². The van der Waals surface area contributed by atoms with Crippen molar-refractivity contribution >= 4 is 5.69 Å². The van der Waals surface area contributed by atoms with E-state index in [1.165, 1.54) is 0 Å². The quantitative estimate of drug-likeness (QED) is 0.876. The van der Waals surface area contributed by atoms with Crippen molar-refractivity contribution in [2.75, 3.05) is 5.73 Å². The molecule has 2 N–H and O–H groups in total. The van der Waals surface area contributed by atoms with Crippen LogP contribution in [0, 0.1) is 11.6 Å². The highest BCUT2D eigenvalue weighted by Gasteiger charge is 2.40. The second-order valence-electron chi connectivity index (χ2n) is 5.20. The van der Waals surface area contributed by atoms with Crippen LogP contribution >= 0.6 is 0 Å². The van der Waals surface area contributed by atoms with Crippen molar-refractivity contribution in [1.82, 2.24) is 20.2 Å². The number of nitrogen functional groups attached to an aromatic ring is 1. The molecule has 2 aromatic rings. The standard InChI is InChI=1S/C13H15F2N5/c1-2-13(4-3-5-13)20-12(17-18-19-20)8-6-9(14)10(15)7-11(8)16/h6-7H,2-5,16H2,1H3. The van der Waals surface area contributed by atoms with Crippen LogP contribution in [0.5, 0.6) is 0 Å². The maximum Gasteiger partial charge on any atom is 0.184 e. The number of hydrogen-bond donors (Lipinski definition) is 1. The molecule has 0 spiro atoms. The van der Waals surface area contributed by atoms with Gasteiger partial charge < -0.3 is 5.73 Å². The molecule has 1 aliphatic rings. The molecular weight excluding hydrogens is 264 g/mol. The summed E-state index contributed by atoms with van der Waals surface area (Å²) in [7, 11) is 0. The van der Waals surface area contributed by atoms with Gasteiger partial charge in [-0.1, -0.05) is 6.92 Å². The highest BCUT2D eigenvalue weighted by molar-refractivity contribution is 5.71. The molecule has 20 heavy (non-hydrogen) atoms. The monoisotopic (exact) mass is 279 g/mol. The minimum absolute atomic E-state index is 0.129. The summed E-state index contributed by atoms with van der Waals surface area (Å²) in [6.07, 6.45) is 3.95. The molecule has 3 rings (SSSR count). The molecule has 0 atom stereocenters. The number of anilines is 1. The number of aromatic nitrogens is 4. The molecule has 5 nitrogen and oxygen atoms in total. The number of tetrazole rings is 1. The van der Waals surface area contributed by atoms with Gasteiger partial charge in [0, 0.05) is 17.3 Å². The van der Waals surface area contributed by atoms with Crippen LogP contribution in [0.15, 0.2) is 12.1 Å². The highest BCUT2D eigenvalue weighted by Crippen LogP contribution is 2.43. The maximum atomic E-state index is 13.4. The Labute approximate surface area is 114 Å². The minimum atomic E-state index is -0.973. The number of rotatable bonds is 3. The van der Waals surface area contributed by atoms with Gasteiger partial charge in [-0.2, -0.15) is 0 Å². The third-order valence-electron chi connectivity index (χ3n) is 4.19. The fraction of sp³-hybridized carbons (Fsp3) is 0.462. The van der Waals surface area contributed by atoms with Gasteiger partial charge in [-0.25, -0.2) is 13.5 Å². The van der Waals surface area contributed by atoms with Gasteiger partial charge in [-0.15, -0.1) is 5.10 Å². The molecule has 0 unspecified atom stereocenters. The normalized spacial score (nSPS) is 16.9. The lowest BCUT2D eigenvalue weighted by atomic mass is 9.75. The van der Waals surface area contributed by atoms with E-state index in [9.17, 15) is 8.78 Å². The Kier molecular flexibility index (Phi) is 2.92. The molecule has 1 aromatic heterocycles. The SMILES string of the molecule is CCC1(n2nnnc2-c2cc(F)c(F)cc2N)CCC1. The summed E-state index contributed by atoms with van der Waals surface area (Å²) >= 11 is 0. The van der Waals surface area contributed by atoms with Gasteiger partial charge >= 0.3 is 0 Å². The first-order chi connectivity index (χ1) is 9.57. The predicted molar refractivity (Wildman–Crippen MR) is 69.7 cm³/mol. The van der Waals surface area contributed by atoms with Crippen molar-refractivity contribution in [3.63, 3.8) is 0 Å². The van der Waals surface area contributed by atoms with Gasteiger partial charge in [0.2, 0.25) is 0 Å². The average molecular weight is 279 g/mol. The molecule has 1 heterocycles. The van der Waals surface area contributed by atoms with Crippen LogP contribution in [-0.4, -0.2) is 20.2 Å². The first-order valence-corrected chi connectivity index (χ1v) is 6.61. The lowest BCUT2D eigenvalue weighted by molar-refractivity contribution is 0.118. The summed E-state index contributed by atoms with van der Waals surface area (Å²) in [6, 6.07) is 2.01. The summed E-state index contributed by atoms with van der Waals surface area (Å²) in [4.78, 5) is 0. The smallest absolute Gasteiger partial charge is 0.184 e. The van der Waals surface area contributed by atoms with Crippen LogP contribution in [0.4, 0.5) is 14.5 Å². The molecule has 106 valence electrons. The number of nitrogens with zero attached hydrogens (tertiary/aromatic N) is 4. The average Bonchev–Trinajstić information content (AvgIpc) is 2.83. The van der Waals surface area contributed by atoms with E-state index >= 15 is 0 Å². The Bertz CT molecular complexity index is 643. The second-order valence-corrected chi connectivity index (χ2v) is 5.20. The highest BCUT2D eigenvalue weighted by atomic mass is 19.2. The third kappa shape index (κ3) is 1.76. The molecule has 1 fully saturated rings. The molecule has 0 saturated heterocycles. The van der Waals surface area contributed by atoms with E-state index in [1.54, 1.807) is 4.68 Å². The zero-order valence-corrected chi connectivity index (χ0v) is 11.1. The molecule has 0 amide bonds. The van der Waals surface area contributed by atoms with Gasteiger partial charge in [-0.3, -0.25) is 0 Å². The van der Waals surface area contributed by atoms with Crippen LogP contribution < -0.4 is 5.73 Å². The molecule has 1 saturated carbocycles. The molecule has 0 aliphatic heterocycles. The van der Waals surface area contributed by atoms with Crippen LogP contribution in [0.3, 0.4) is 0 Å². The van der Waals surface area contributed by atoms with Crippen molar-refractivity contribution in [3.8, 4) is 11.4 Å². The molecule has 0 radical (unpaired) electrons. The maximum absolute atomic E-state index is 13.4. The fourth-order valence-electron chi connectivity index (χ4n) is 2.73. The molecular formula is C13H15F2N5. The summed E-state index contributed by atoms with van der Waals surface area (Å²) < 4.78 is 28.3. The Morgan fingerprint density at radius 1 is 1.30 bits per heavy atom. The lowest BCUT2D eigenvalue weighted by Crippen LogP contribution is -2.41. The van der Waals surface area contributed by atoms with Gasteiger partial charge in [0.15, 0.2) is 17.5 Å². The van der Waals surface area contributed by atoms with Crippen LogP contribution in [0.2, 0.25) is 0 Å². The Hall–Kier alpha value is -2.05. The van der Waals surface area contributed by atoms with Crippen LogP contribution in [0.25, 0.3) is 11.4 Å². The van der Waals surface area contributed by atoms with E-state index in [2.05, 4.69) is 22.4 Å².